The van der Waals surface area contributed by atoms with Crippen molar-refractivity contribution < 1.29 is 19.0 Å². The highest BCUT2D eigenvalue weighted by atomic mass is 16.5. The summed E-state index contributed by atoms with van der Waals surface area (Å²) in [5.41, 5.74) is 5.32. The number of cyclic esters (lactones) is 1. The number of hydrogen-bond acceptors (Lipinski definition) is 5. The Morgan fingerprint density at radius 2 is 1.41 bits per heavy atom. The third-order valence-electron chi connectivity index (χ3n) is 5.28. The molecule has 0 atom stereocenters. The van der Waals surface area contributed by atoms with Crippen molar-refractivity contribution in [1.29, 1.82) is 0 Å². The van der Waals surface area contributed by atoms with Crippen LogP contribution in [0.4, 0.5) is 0 Å². The first kappa shape index (κ1) is 19.8. The number of pyridine rings is 1. The molecule has 1 aromatic heterocycles. The number of carbonyl (C=O) groups is 1. The van der Waals surface area contributed by atoms with Crippen molar-refractivity contribution in [1.82, 2.24) is 4.98 Å². The van der Waals surface area contributed by atoms with Crippen molar-refractivity contribution in [3.63, 3.8) is 0 Å². The molecule has 1 aliphatic heterocycles. The minimum atomic E-state index is -0.283. The molecular formula is C27H21NO4. The maximum atomic E-state index is 11.8. The van der Waals surface area contributed by atoms with E-state index in [0.717, 1.165) is 27.8 Å². The predicted octanol–water partition coefficient (Wildman–Crippen LogP) is 5.58. The van der Waals surface area contributed by atoms with Crippen LogP contribution in [0.2, 0.25) is 0 Å². The molecule has 5 rings (SSSR count). The van der Waals surface area contributed by atoms with Crippen LogP contribution in [0.25, 0.3) is 11.1 Å². The maximum Gasteiger partial charge on any atom is 0.338 e. The summed E-state index contributed by atoms with van der Waals surface area (Å²) in [6.07, 6.45) is 0. The van der Waals surface area contributed by atoms with E-state index in [0.29, 0.717) is 30.5 Å². The van der Waals surface area contributed by atoms with Crippen molar-refractivity contribution in [2.24, 2.45) is 0 Å². The molecule has 0 radical (unpaired) electrons. The molecule has 5 nitrogen and oxygen atoms in total. The van der Waals surface area contributed by atoms with Gasteiger partial charge < -0.3 is 14.2 Å². The van der Waals surface area contributed by atoms with E-state index in [2.05, 4.69) is 4.98 Å². The zero-order chi connectivity index (χ0) is 21.8. The van der Waals surface area contributed by atoms with E-state index in [9.17, 15) is 4.79 Å². The average Bonchev–Trinajstić information content (AvgIpc) is 3.23. The van der Waals surface area contributed by atoms with Crippen LogP contribution in [-0.2, 0) is 24.6 Å². The highest BCUT2D eigenvalue weighted by Gasteiger charge is 2.22. The molecule has 0 aliphatic carbocycles. The second kappa shape index (κ2) is 8.94. The molecule has 0 saturated heterocycles. The maximum absolute atomic E-state index is 11.8. The van der Waals surface area contributed by atoms with Crippen molar-refractivity contribution in [2.45, 2.75) is 19.8 Å². The number of esters is 1. The lowest BCUT2D eigenvalue weighted by atomic mass is 10.0. The largest absolute Gasteiger partial charge is 0.473 e. The molecule has 1 aliphatic rings. The molecule has 0 N–H and O–H groups in total. The number of hydrogen-bond donors (Lipinski definition) is 0. The van der Waals surface area contributed by atoms with Crippen LogP contribution in [0, 0.1) is 0 Å². The van der Waals surface area contributed by atoms with Crippen LogP contribution < -0.4 is 9.47 Å². The van der Waals surface area contributed by atoms with Crippen LogP contribution in [-0.4, -0.2) is 11.0 Å². The number of fused-ring (bicyclic) bond motifs is 1. The summed E-state index contributed by atoms with van der Waals surface area (Å²) in [4.78, 5) is 16.4. The van der Waals surface area contributed by atoms with E-state index in [1.807, 2.05) is 84.9 Å². The fourth-order valence-corrected chi connectivity index (χ4v) is 3.59. The lowest BCUT2D eigenvalue weighted by Crippen LogP contribution is -2.02. The Morgan fingerprint density at radius 3 is 2.12 bits per heavy atom. The summed E-state index contributed by atoms with van der Waals surface area (Å²) in [6, 6.07) is 29.3. The number of benzene rings is 3. The van der Waals surface area contributed by atoms with Gasteiger partial charge in [0.05, 0.1) is 5.56 Å². The van der Waals surface area contributed by atoms with Crippen LogP contribution in [0.3, 0.4) is 0 Å². The SMILES string of the molecule is O=C1OCc2cc(-c3ccc(OCc4ccccc4)nc3OCc3ccccc3)ccc21. The lowest BCUT2D eigenvalue weighted by molar-refractivity contribution is 0.0535. The molecule has 0 bridgehead atoms. The van der Waals surface area contributed by atoms with E-state index in [1.165, 1.54) is 0 Å². The van der Waals surface area contributed by atoms with Crippen LogP contribution in [0.1, 0.15) is 27.0 Å². The summed E-state index contributed by atoms with van der Waals surface area (Å²) in [7, 11) is 0. The molecule has 3 aromatic carbocycles. The van der Waals surface area contributed by atoms with Gasteiger partial charge in [-0.05, 0) is 34.9 Å². The average molecular weight is 423 g/mol. The van der Waals surface area contributed by atoms with Gasteiger partial charge in [-0.25, -0.2) is 4.79 Å². The Hall–Kier alpha value is -4.12. The minimum Gasteiger partial charge on any atom is -0.473 e. The smallest absolute Gasteiger partial charge is 0.338 e. The van der Waals surface area contributed by atoms with E-state index in [4.69, 9.17) is 14.2 Å². The zero-order valence-corrected chi connectivity index (χ0v) is 17.4. The molecule has 0 amide bonds. The molecule has 158 valence electrons. The van der Waals surface area contributed by atoms with Gasteiger partial charge in [0.2, 0.25) is 11.8 Å². The topological polar surface area (TPSA) is 57.7 Å². The Morgan fingerprint density at radius 1 is 0.750 bits per heavy atom. The fourth-order valence-electron chi connectivity index (χ4n) is 3.59. The van der Waals surface area contributed by atoms with Crippen LogP contribution in [0.15, 0.2) is 91.0 Å². The molecule has 0 fully saturated rings. The summed E-state index contributed by atoms with van der Waals surface area (Å²) in [5.74, 6) is 0.680. The van der Waals surface area contributed by atoms with Gasteiger partial charge in [-0.15, -0.1) is 0 Å². The van der Waals surface area contributed by atoms with Gasteiger partial charge in [-0.1, -0.05) is 66.7 Å². The van der Waals surface area contributed by atoms with E-state index >= 15 is 0 Å². The molecule has 5 heteroatoms. The van der Waals surface area contributed by atoms with E-state index in [1.54, 1.807) is 6.07 Å². The monoisotopic (exact) mass is 423 g/mol. The highest BCUT2D eigenvalue weighted by Crippen LogP contribution is 2.34. The van der Waals surface area contributed by atoms with Crippen molar-refractivity contribution in [3.8, 4) is 22.9 Å². The summed E-state index contributed by atoms with van der Waals surface area (Å²) in [5, 5.41) is 0. The van der Waals surface area contributed by atoms with Gasteiger partial charge in [0.1, 0.15) is 19.8 Å². The van der Waals surface area contributed by atoms with Gasteiger partial charge >= 0.3 is 5.97 Å². The Kier molecular flexibility index (Phi) is 5.54. The van der Waals surface area contributed by atoms with E-state index < -0.39 is 0 Å². The second-order valence-corrected chi connectivity index (χ2v) is 7.50. The van der Waals surface area contributed by atoms with Gasteiger partial charge in [-0.2, -0.15) is 4.98 Å². The number of rotatable bonds is 7. The molecule has 0 unspecified atom stereocenters. The van der Waals surface area contributed by atoms with Crippen molar-refractivity contribution in [3.05, 3.63) is 113 Å². The quantitative estimate of drug-likeness (QED) is 0.363. The molecule has 0 spiro atoms. The number of nitrogens with zero attached hydrogens (tertiary/aromatic N) is 1. The van der Waals surface area contributed by atoms with Crippen LogP contribution in [0.5, 0.6) is 11.8 Å². The Balaban J connectivity index is 1.44. The Bertz CT molecular complexity index is 1240. The second-order valence-electron chi connectivity index (χ2n) is 7.50. The summed E-state index contributed by atoms with van der Waals surface area (Å²) in [6.45, 7) is 1.09. The van der Waals surface area contributed by atoms with Crippen LogP contribution >= 0.6 is 0 Å². The standard InChI is InChI=1S/C27H21NO4/c29-27-24-12-11-21(15-22(24)18-32-27)23-13-14-25(30-16-19-7-3-1-4-8-19)28-26(23)31-17-20-9-5-2-6-10-20/h1-15H,16-18H2. The third-order valence-corrected chi connectivity index (χ3v) is 5.28. The first-order valence-corrected chi connectivity index (χ1v) is 10.4. The van der Waals surface area contributed by atoms with Crippen molar-refractivity contribution >= 4 is 5.97 Å². The summed E-state index contributed by atoms with van der Waals surface area (Å²) >= 11 is 0. The lowest BCUT2D eigenvalue weighted by Gasteiger charge is -2.14. The molecular weight excluding hydrogens is 402 g/mol. The highest BCUT2D eigenvalue weighted by molar-refractivity contribution is 5.94. The third kappa shape index (κ3) is 4.32. The normalized spacial score (nSPS) is 12.2. The number of aromatic nitrogens is 1. The van der Waals surface area contributed by atoms with Gasteiger partial charge in [-0.3, -0.25) is 0 Å². The van der Waals surface area contributed by atoms with Gasteiger partial charge in [0, 0.05) is 17.2 Å². The molecule has 32 heavy (non-hydrogen) atoms. The molecule has 2 heterocycles. The van der Waals surface area contributed by atoms with Gasteiger partial charge in [0.15, 0.2) is 0 Å². The first-order valence-electron chi connectivity index (χ1n) is 10.4. The molecule has 4 aromatic rings. The van der Waals surface area contributed by atoms with E-state index in [-0.39, 0.29) is 12.6 Å². The first-order chi connectivity index (χ1) is 15.8. The molecule has 0 saturated carbocycles. The summed E-state index contributed by atoms with van der Waals surface area (Å²) < 4.78 is 17.2. The Labute approximate surface area is 186 Å². The predicted molar refractivity (Wildman–Crippen MR) is 120 cm³/mol. The zero-order valence-electron chi connectivity index (χ0n) is 17.4. The van der Waals surface area contributed by atoms with Gasteiger partial charge in [0.25, 0.3) is 0 Å². The number of carbonyl (C=O) groups excluding carboxylic acids is 1. The fraction of sp³-hybridized carbons (Fsp3) is 0.111. The minimum absolute atomic E-state index is 0.283. The van der Waals surface area contributed by atoms with Crippen molar-refractivity contribution in [2.75, 3.05) is 0 Å². The number of ether oxygens (including phenoxy) is 3.